The molecule has 1 aromatic carbocycles. The summed E-state index contributed by atoms with van der Waals surface area (Å²) in [4.78, 5) is 17.8. The van der Waals surface area contributed by atoms with E-state index in [9.17, 15) is 4.79 Å². The molecule has 0 unspecified atom stereocenters. The first-order valence-electron chi connectivity index (χ1n) is 5.64. The van der Waals surface area contributed by atoms with Crippen LogP contribution in [0.15, 0.2) is 35.4 Å². The van der Waals surface area contributed by atoms with Gasteiger partial charge in [-0.3, -0.25) is 4.79 Å². The Labute approximate surface area is 98.3 Å². The van der Waals surface area contributed by atoms with Crippen LogP contribution in [0.2, 0.25) is 0 Å². The number of rotatable bonds is 1. The third-order valence-corrected chi connectivity index (χ3v) is 2.88. The third-order valence-electron chi connectivity index (χ3n) is 2.88. The molecule has 1 aromatic heterocycles. The molecule has 2 aromatic rings. The van der Waals surface area contributed by atoms with E-state index in [4.69, 9.17) is 4.74 Å². The first kappa shape index (κ1) is 10.1. The Hall–Kier alpha value is -2.10. The minimum atomic E-state index is -0.195. The van der Waals surface area contributed by atoms with Crippen LogP contribution >= 0.6 is 0 Å². The molecule has 1 aliphatic heterocycles. The monoisotopic (exact) mass is 228 g/mol. The minimum Gasteiger partial charge on any atom is -0.493 e. The maximum atomic E-state index is 11.0. The van der Waals surface area contributed by atoms with E-state index in [1.54, 1.807) is 6.20 Å². The number of hydrogen-bond donors (Lipinski definition) is 1. The van der Waals surface area contributed by atoms with Crippen molar-refractivity contribution >= 4 is 0 Å². The van der Waals surface area contributed by atoms with Gasteiger partial charge in [0, 0.05) is 11.8 Å². The van der Waals surface area contributed by atoms with Crippen LogP contribution < -0.4 is 10.3 Å². The molecule has 0 fully saturated rings. The van der Waals surface area contributed by atoms with Gasteiger partial charge in [0.15, 0.2) is 0 Å². The number of H-pyrrole nitrogens is 1. The number of ether oxygens (including phenoxy) is 1. The summed E-state index contributed by atoms with van der Waals surface area (Å²) in [5.74, 6) is 0.901. The van der Waals surface area contributed by atoms with Crippen molar-refractivity contribution in [3.8, 4) is 17.0 Å². The predicted octanol–water partition coefficient (Wildman–Crippen LogP) is 1.76. The smallest absolute Gasteiger partial charge is 0.266 e. The first-order valence-corrected chi connectivity index (χ1v) is 5.64. The third kappa shape index (κ3) is 1.82. The summed E-state index contributed by atoms with van der Waals surface area (Å²) < 4.78 is 5.71. The van der Waals surface area contributed by atoms with Crippen LogP contribution in [0.4, 0.5) is 0 Å². The Morgan fingerprint density at radius 3 is 3.12 bits per heavy atom. The molecule has 2 heterocycles. The number of aromatic nitrogens is 2. The van der Waals surface area contributed by atoms with Gasteiger partial charge in [-0.25, -0.2) is 4.98 Å². The highest BCUT2D eigenvalue weighted by molar-refractivity contribution is 5.68. The van der Waals surface area contributed by atoms with Gasteiger partial charge in [0.2, 0.25) is 0 Å². The van der Waals surface area contributed by atoms with E-state index in [1.807, 2.05) is 12.1 Å². The normalized spacial score (nSPS) is 13.9. The molecule has 4 heteroatoms. The number of aromatic amines is 1. The average Bonchev–Trinajstić information content (AvgIpc) is 2.39. The van der Waals surface area contributed by atoms with Gasteiger partial charge in [-0.05, 0) is 24.5 Å². The van der Waals surface area contributed by atoms with Crippen LogP contribution in [0.3, 0.4) is 0 Å². The highest BCUT2D eigenvalue weighted by Crippen LogP contribution is 2.34. The zero-order valence-corrected chi connectivity index (χ0v) is 9.27. The Morgan fingerprint density at radius 1 is 1.35 bits per heavy atom. The Balaban J connectivity index is 2.14. The maximum Gasteiger partial charge on any atom is 0.266 e. The van der Waals surface area contributed by atoms with Crippen LogP contribution in [-0.4, -0.2) is 16.6 Å². The van der Waals surface area contributed by atoms with Crippen LogP contribution in [0.25, 0.3) is 11.3 Å². The molecule has 0 bridgehead atoms. The van der Waals surface area contributed by atoms with E-state index in [0.717, 1.165) is 36.5 Å². The molecule has 0 amide bonds. The quantitative estimate of drug-likeness (QED) is 0.809. The van der Waals surface area contributed by atoms with Gasteiger partial charge in [-0.1, -0.05) is 12.1 Å². The second kappa shape index (κ2) is 4.05. The van der Waals surface area contributed by atoms with E-state index >= 15 is 0 Å². The number of aryl methyl sites for hydroxylation is 1. The molecule has 1 aliphatic rings. The van der Waals surface area contributed by atoms with Gasteiger partial charge in [-0.2, -0.15) is 0 Å². The SMILES string of the molecule is O=c1cnc(-c2cccc3c2OCCC3)c[nH]1. The number of nitrogens with one attached hydrogen (secondary N) is 1. The van der Waals surface area contributed by atoms with Crippen molar-refractivity contribution in [2.75, 3.05) is 6.61 Å². The second-order valence-electron chi connectivity index (χ2n) is 4.04. The number of para-hydroxylation sites is 1. The topological polar surface area (TPSA) is 55.0 Å². The molecule has 0 saturated heterocycles. The maximum absolute atomic E-state index is 11.0. The lowest BCUT2D eigenvalue weighted by Crippen LogP contribution is -2.10. The lowest BCUT2D eigenvalue weighted by Gasteiger charge is -2.19. The number of nitrogens with zero attached hydrogens (tertiary/aromatic N) is 1. The van der Waals surface area contributed by atoms with Crippen molar-refractivity contribution in [3.63, 3.8) is 0 Å². The highest BCUT2D eigenvalue weighted by Gasteiger charge is 2.15. The lowest BCUT2D eigenvalue weighted by atomic mass is 10.0. The molecular weight excluding hydrogens is 216 g/mol. The van der Waals surface area contributed by atoms with Crippen molar-refractivity contribution in [2.24, 2.45) is 0 Å². The van der Waals surface area contributed by atoms with E-state index in [-0.39, 0.29) is 5.56 Å². The largest absolute Gasteiger partial charge is 0.493 e. The van der Waals surface area contributed by atoms with Crippen molar-refractivity contribution in [3.05, 3.63) is 46.5 Å². The van der Waals surface area contributed by atoms with E-state index in [0.29, 0.717) is 0 Å². The molecule has 0 saturated carbocycles. The van der Waals surface area contributed by atoms with Crippen molar-refractivity contribution in [1.82, 2.24) is 9.97 Å². The van der Waals surface area contributed by atoms with Crippen LogP contribution in [0, 0.1) is 0 Å². The molecule has 17 heavy (non-hydrogen) atoms. The second-order valence-corrected chi connectivity index (χ2v) is 4.04. The number of hydrogen-bond acceptors (Lipinski definition) is 3. The fraction of sp³-hybridized carbons (Fsp3) is 0.231. The van der Waals surface area contributed by atoms with Gasteiger partial charge in [-0.15, -0.1) is 0 Å². The summed E-state index contributed by atoms with van der Waals surface area (Å²) in [5, 5.41) is 0. The summed E-state index contributed by atoms with van der Waals surface area (Å²) in [6.07, 6.45) is 5.00. The fourth-order valence-electron chi connectivity index (χ4n) is 2.08. The van der Waals surface area contributed by atoms with Gasteiger partial charge in [0.05, 0.1) is 18.5 Å². The van der Waals surface area contributed by atoms with E-state index < -0.39 is 0 Å². The Kier molecular flexibility index (Phi) is 2.40. The van der Waals surface area contributed by atoms with Gasteiger partial charge >= 0.3 is 0 Å². The van der Waals surface area contributed by atoms with Crippen LogP contribution in [-0.2, 0) is 6.42 Å². The van der Waals surface area contributed by atoms with Crippen LogP contribution in [0.5, 0.6) is 5.75 Å². The van der Waals surface area contributed by atoms with Crippen molar-refractivity contribution in [1.29, 1.82) is 0 Å². The summed E-state index contributed by atoms with van der Waals surface area (Å²) >= 11 is 0. The Bertz CT molecular complexity index is 584. The molecule has 1 N–H and O–H groups in total. The number of fused-ring (bicyclic) bond motifs is 1. The fourth-order valence-corrected chi connectivity index (χ4v) is 2.08. The predicted molar refractivity (Wildman–Crippen MR) is 64.1 cm³/mol. The van der Waals surface area contributed by atoms with E-state index in [2.05, 4.69) is 16.0 Å². The van der Waals surface area contributed by atoms with Gasteiger partial charge < -0.3 is 9.72 Å². The zero-order chi connectivity index (χ0) is 11.7. The average molecular weight is 228 g/mol. The molecular formula is C13H12N2O2. The summed E-state index contributed by atoms with van der Waals surface area (Å²) in [6.45, 7) is 0.743. The first-order chi connectivity index (χ1) is 8.34. The minimum absolute atomic E-state index is 0.195. The van der Waals surface area contributed by atoms with E-state index in [1.165, 1.54) is 11.8 Å². The molecule has 0 atom stereocenters. The summed E-state index contributed by atoms with van der Waals surface area (Å²) in [5.41, 5.74) is 2.70. The van der Waals surface area contributed by atoms with Gasteiger partial charge in [0.25, 0.3) is 5.56 Å². The summed E-state index contributed by atoms with van der Waals surface area (Å²) in [6, 6.07) is 6.03. The van der Waals surface area contributed by atoms with Gasteiger partial charge in [0.1, 0.15) is 5.75 Å². The van der Waals surface area contributed by atoms with Crippen molar-refractivity contribution in [2.45, 2.75) is 12.8 Å². The highest BCUT2D eigenvalue weighted by atomic mass is 16.5. The summed E-state index contributed by atoms with van der Waals surface area (Å²) in [7, 11) is 0. The van der Waals surface area contributed by atoms with Crippen molar-refractivity contribution < 1.29 is 4.74 Å². The standard InChI is InChI=1S/C13H12N2O2/c16-12-8-14-11(7-15-12)10-5-1-3-9-4-2-6-17-13(9)10/h1,3,5,7-8H,2,4,6H2,(H,15,16). The molecule has 4 nitrogen and oxygen atoms in total. The molecule has 3 rings (SSSR count). The number of benzene rings is 1. The van der Waals surface area contributed by atoms with Crippen LogP contribution in [0.1, 0.15) is 12.0 Å². The zero-order valence-electron chi connectivity index (χ0n) is 9.27. The molecule has 0 aliphatic carbocycles. The molecule has 0 spiro atoms. The molecule has 0 radical (unpaired) electrons. The lowest BCUT2D eigenvalue weighted by molar-refractivity contribution is 0.289. The molecule has 86 valence electrons. The Morgan fingerprint density at radius 2 is 2.29 bits per heavy atom.